The van der Waals surface area contributed by atoms with Crippen molar-refractivity contribution in [2.45, 2.75) is 13.5 Å². The lowest BCUT2D eigenvalue weighted by Crippen LogP contribution is -2.35. The van der Waals surface area contributed by atoms with Crippen molar-refractivity contribution in [3.8, 4) is 10.6 Å². The number of nitrogens with zero attached hydrogens (tertiary/aromatic N) is 3. The van der Waals surface area contributed by atoms with Crippen molar-refractivity contribution in [3.05, 3.63) is 16.6 Å². The van der Waals surface area contributed by atoms with Crippen LogP contribution in [0, 0.1) is 0 Å². The minimum Gasteiger partial charge on any atom is -0.379 e. The number of nitrogens with one attached hydrogen (secondary N) is 1. The molecule has 1 aliphatic rings. The molecule has 0 aliphatic carbocycles. The van der Waals surface area contributed by atoms with Gasteiger partial charge in [0.25, 0.3) is 0 Å². The monoisotopic (exact) mass is 310 g/mol. The van der Waals surface area contributed by atoms with Crippen LogP contribution in [-0.2, 0) is 11.3 Å². The summed E-state index contributed by atoms with van der Waals surface area (Å²) < 4.78 is 5.36. The number of rotatable bonds is 5. The molecule has 1 saturated heterocycles. The minimum atomic E-state index is 0.830. The molecule has 2 aromatic rings. The van der Waals surface area contributed by atoms with Crippen LogP contribution in [0.25, 0.3) is 10.6 Å². The van der Waals surface area contributed by atoms with Gasteiger partial charge in [-0.2, -0.15) is 0 Å². The molecule has 5 nitrogen and oxygen atoms in total. The zero-order chi connectivity index (χ0) is 13.8. The number of hydrogen-bond donors (Lipinski definition) is 1. The van der Waals surface area contributed by atoms with E-state index in [-0.39, 0.29) is 0 Å². The third-order valence-electron chi connectivity index (χ3n) is 3.10. The van der Waals surface area contributed by atoms with Gasteiger partial charge in [0.2, 0.25) is 0 Å². The second-order valence-corrected chi connectivity index (χ2v) is 6.55. The molecule has 0 unspecified atom stereocenters. The first-order valence-electron chi connectivity index (χ1n) is 6.79. The van der Waals surface area contributed by atoms with Crippen molar-refractivity contribution in [2.24, 2.45) is 0 Å². The maximum absolute atomic E-state index is 5.36. The summed E-state index contributed by atoms with van der Waals surface area (Å²) in [6, 6.07) is 0. The molecule has 2 aromatic heterocycles. The van der Waals surface area contributed by atoms with Crippen LogP contribution in [0.1, 0.15) is 11.9 Å². The van der Waals surface area contributed by atoms with Gasteiger partial charge in [0.05, 0.1) is 30.3 Å². The Kier molecular flexibility index (Phi) is 4.62. The van der Waals surface area contributed by atoms with E-state index in [9.17, 15) is 0 Å². The lowest BCUT2D eigenvalue weighted by Gasteiger charge is -2.25. The van der Waals surface area contributed by atoms with Gasteiger partial charge in [0.1, 0.15) is 5.01 Å². The molecule has 1 aliphatic heterocycles. The first-order valence-corrected chi connectivity index (χ1v) is 8.49. The first kappa shape index (κ1) is 13.9. The van der Waals surface area contributed by atoms with Crippen molar-refractivity contribution in [2.75, 3.05) is 38.2 Å². The third-order valence-corrected chi connectivity index (χ3v) is 4.91. The van der Waals surface area contributed by atoms with Crippen LogP contribution in [-0.4, -0.2) is 47.7 Å². The van der Waals surface area contributed by atoms with Gasteiger partial charge < -0.3 is 10.1 Å². The number of thiazole rings is 2. The smallest absolute Gasteiger partial charge is 0.183 e. The average molecular weight is 310 g/mol. The molecular formula is C13H18N4OS2. The minimum absolute atomic E-state index is 0.830. The Morgan fingerprint density at radius 2 is 2.25 bits per heavy atom. The Hall–Kier alpha value is -1.02. The molecule has 0 bridgehead atoms. The summed E-state index contributed by atoms with van der Waals surface area (Å²) in [6.45, 7) is 7.55. The summed E-state index contributed by atoms with van der Waals surface area (Å²) in [4.78, 5) is 12.6. The molecule has 0 atom stereocenters. The second-order valence-electron chi connectivity index (χ2n) is 4.57. The fourth-order valence-corrected chi connectivity index (χ4v) is 3.85. The number of aromatic nitrogens is 2. The lowest BCUT2D eigenvalue weighted by atomic mass is 10.4. The molecule has 1 fully saturated rings. The number of morpholine rings is 1. The summed E-state index contributed by atoms with van der Waals surface area (Å²) in [6.07, 6.45) is 1.94. The highest BCUT2D eigenvalue weighted by Crippen LogP contribution is 2.29. The molecule has 3 heterocycles. The standard InChI is InChI=1S/C13H18N4OS2/c1-2-14-13-16-10(9-19-13)11-7-15-12(20-11)8-17-3-5-18-6-4-17/h7,9H,2-6,8H2,1H3,(H,14,16). The van der Waals surface area contributed by atoms with Crippen molar-refractivity contribution < 1.29 is 4.74 Å². The molecule has 3 rings (SSSR count). The Morgan fingerprint density at radius 1 is 1.40 bits per heavy atom. The highest BCUT2D eigenvalue weighted by atomic mass is 32.1. The van der Waals surface area contributed by atoms with E-state index in [1.165, 1.54) is 0 Å². The topological polar surface area (TPSA) is 50.3 Å². The molecule has 0 radical (unpaired) electrons. The van der Waals surface area contributed by atoms with Gasteiger partial charge in [-0.1, -0.05) is 0 Å². The van der Waals surface area contributed by atoms with E-state index in [1.54, 1.807) is 22.7 Å². The maximum Gasteiger partial charge on any atom is 0.183 e. The summed E-state index contributed by atoms with van der Waals surface area (Å²) in [7, 11) is 0. The Bertz CT molecular complexity index is 548. The van der Waals surface area contributed by atoms with Crippen molar-refractivity contribution in [1.29, 1.82) is 0 Å². The third kappa shape index (κ3) is 3.35. The Labute approximate surface area is 126 Å². The van der Waals surface area contributed by atoms with Gasteiger partial charge >= 0.3 is 0 Å². The van der Waals surface area contributed by atoms with Crippen LogP contribution < -0.4 is 5.32 Å². The predicted molar refractivity (Wildman–Crippen MR) is 83.5 cm³/mol. The molecule has 0 saturated carbocycles. The number of ether oxygens (including phenoxy) is 1. The van der Waals surface area contributed by atoms with Crippen LogP contribution in [0.4, 0.5) is 5.13 Å². The molecule has 0 spiro atoms. The first-order chi connectivity index (χ1) is 9.85. The van der Waals surface area contributed by atoms with Crippen LogP contribution >= 0.6 is 22.7 Å². The fraction of sp³-hybridized carbons (Fsp3) is 0.538. The molecule has 7 heteroatoms. The van der Waals surface area contributed by atoms with Crippen LogP contribution in [0.15, 0.2) is 11.6 Å². The molecule has 108 valence electrons. The van der Waals surface area contributed by atoms with Gasteiger partial charge in [0, 0.05) is 31.2 Å². The van der Waals surface area contributed by atoms with Crippen molar-refractivity contribution in [1.82, 2.24) is 14.9 Å². The normalized spacial score (nSPS) is 16.4. The summed E-state index contributed by atoms with van der Waals surface area (Å²) in [5.74, 6) is 0. The Balaban J connectivity index is 1.65. The SMILES string of the molecule is CCNc1nc(-c2cnc(CN3CCOCC3)s2)cs1. The second kappa shape index (κ2) is 6.62. The lowest BCUT2D eigenvalue weighted by molar-refractivity contribution is 0.0341. The molecule has 1 N–H and O–H groups in total. The average Bonchev–Trinajstić information content (AvgIpc) is 3.10. The van der Waals surface area contributed by atoms with E-state index in [0.717, 1.165) is 60.1 Å². The van der Waals surface area contributed by atoms with Gasteiger partial charge in [0.15, 0.2) is 5.13 Å². The van der Waals surface area contributed by atoms with Crippen molar-refractivity contribution in [3.63, 3.8) is 0 Å². The van der Waals surface area contributed by atoms with Crippen molar-refractivity contribution >= 4 is 27.8 Å². The van der Waals surface area contributed by atoms with E-state index >= 15 is 0 Å². The maximum atomic E-state index is 5.36. The molecule has 0 amide bonds. The largest absolute Gasteiger partial charge is 0.379 e. The molecule has 0 aromatic carbocycles. The van der Waals surface area contributed by atoms with Crippen LogP contribution in [0.5, 0.6) is 0 Å². The van der Waals surface area contributed by atoms with E-state index < -0.39 is 0 Å². The van der Waals surface area contributed by atoms with E-state index in [1.807, 2.05) is 6.20 Å². The van der Waals surface area contributed by atoms with Gasteiger partial charge in [-0.05, 0) is 6.92 Å². The van der Waals surface area contributed by atoms with Gasteiger partial charge in [-0.25, -0.2) is 9.97 Å². The summed E-state index contributed by atoms with van der Waals surface area (Å²) in [5.41, 5.74) is 1.02. The molecular weight excluding hydrogens is 292 g/mol. The zero-order valence-electron chi connectivity index (χ0n) is 11.5. The van der Waals surface area contributed by atoms with Crippen LogP contribution in [0.2, 0.25) is 0 Å². The quantitative estimate of drug-likeness (QED) is 0.919. The highest BCUT2D eigenvalue weighted by Gasteiger charge is 2.14. The van der Waals surface area contributed by atoms with E-state index in [2.05, 4.69) is 32.5 Å². The fourth-order valence-electron chi connectivity index (χ4n) is 2.07. The summed E-state index contributed by atoms with van der Waals surface area (Å²) in [5, 5.41) is 7.46. The van der Waals surface area contributed by atoms with E-state index in [4.69, 9.17) is 4.74 Å². The van der Waals surface area contributed by atoms with E-state index in [0.29, 0.717) is 0 Å². The van der Waals surface area contributed by atoms with Crippen LogP contribution in [0.3, 0.4) is 0 Å². The molecule has 20 heavy (non-hydrogen) atoms. The number of hydrogen-bond acceptors (Lipinski definition) is 7. The van der Waals surface area contributed by atoms with Gasteiger partial charge in [-0.3, -0.25) is 4.90 Å². The zero-order valence-corrected chi connectivity index (χ0v) is 13.1. The number of anilines is 1. The summed E-state index contributed by atoms with van der Waals surface area (Å²) >= 11 is 3.38. The Morgan fingerprint density at radius 3 is 3.05 bits per heavy atom. The highest BCUT2D eigenvalue weighted by molar-refractivity contribution is 7.16. The predicted octanol–water partition coefficient (Wildman–Crippen LogP) is 2.53. The van der Waals surface area contributed by atoms with Gasteiger partial charge in [-0.15, -0.1) is 22.7 Å².